The first kappa shape index (κ1) is 10.9. The molecule has 0 aromatic carbocycles. The quantitative estimate of drug-likeness (QED) is 0.558. The lowest BCUT2D eigenvalue weighted by Gasteiger charge is -2.04. The predicted molar refractivity (Wildman–Crippen MR) is 37.9 cm³/mol. The summed E-state index contributed by atoms with van der Waals surface area (Å²) in [5, 5.41) is 8.63. The van der Waals surface area contributed by atoms with Crippen molar-refractivity contribution in [3.8, 4) is 0 Å². The normalized spacial score (nSPS) is 12.4. The molecule has 1 N–H and O–H groups in total. The summed E-state index contributed by atoms with van der Waals surface area (Å²) < 4.78 is 0. The maximum atomic E-state index is 8.63. The Morgan fingerprint density at radius 2 is 1.12 bits per heavy atom. The van der Waals surface area contributed by atoms with Crippen LogP contribution in [0.2, 0.25) is 0 Å². The maximum Gasteiger partial charge on any atom is 0.0535 e. The van der Waals surface area contributed by atoms with Gasteiger partial charge < -0.3 is 5.11 Å². The molecule has 0 radical (unpaired) electrons. The van der Waals surface area contributed by atoms with Crippen molar-refractivity contribution >= 4 is 0 Å². The van der Waals surface area contributed by atoms with Gasteiger partial charge in [-0.2, -0.15) is 0 Å². The molecule has 0 heterocycles. The van der Waals surface area contributed by atoms with Crippen LogP contribution in [-0.4, -0.2) is 11.2 Å². The molecule has 0 saturated heterocycles. The minimum Gasteiger partial charge on any atom is -0.393 e. The Morgan fingerprint density at radius 1 is 1.00 bits per heavy atom. The minimum atomic E-state index is -0.148. The van der Waals surface area contributed by atoms with E-state index in [1.807, 2.05) is 27.7 Å². The van der Waals surface area contributed by atoms with Crippen molar-refractivity contribution in [2.24, 2.45) is 5.92 Å². The predicted octanol–water partition coefficient (Wildman–Crippen LogP) is 2.05. The lowest BCUT2D eigenvalue weighted by atomic mass is 10.1. The van der Waals surface area contributed by atoms with Crippen LogP contribution in [0, 0.1) is 5.92 Å². The van der Waals surface area contributed by atoms with Crippen molar-refractivity contribution < 1.29 is 5.11 Å². The third kappa shape index (κ3) is 9.35. The zero-order valence-corrected chi connectivity index (χ0v) is 6.60. The molecule has 0 aliphatic carbocycles. The van der Waals surface area contributed by atoms with E-state index in [2.05, 4.69) is 0 Å². The first-order chi connectivity index (χ1) is 3.64. The van der Waals surface area contributed by atoms with Crippen LogP contribution in [0.15, 0.2) is 0 Å². The van der Waals surface area contributed by atoms with Gasteiger partial charge >= 0.3 is 0 Å². The van der Waals surface area contributed by atoms with Gasteiger partial charge in [0.1, 0.15) is 0 Å². The Morgan fingerprint density at radius 3 is 1.12 bits per heavy atom. The van der Waals surface area contributed by atoms with E-state index < -0.39 is 0 Å². The third-order valence-corrected chi connectivity index (χ3v) is 0.965. The van der Waals surface area contributed by atoms with Gasteiger partial charge in [0.15, 0.2) is 0 Å². The molecule has 1 nitrogen and oxygen atoms in total. The lowest BCUT2D eigenvalue weighted by molar-refractivity contribution is 0.144. The maximum absolute atomic E-state index is 8.63. The van der Waals surface area contributed by atoms with Crippen LogP contribution >= 0.6 is 0 Å². The summed E-state index contributed by atoms with van der Waals surface area (Å²) in [7, 11) is 0. The van der Waals surface area contributed by atoms with Crippen LogP contribution in [-0.2, 0) is 0 Å². The summed E-state index contributed by atoms with van der Waals surface area (Å²) in [5.74, 6) is 0.407. The average Bonchev–Trinajstić information content (AvgIpc) is 1.72. The summed E-state index contributed by atoms with van der Waals surface area (Å²) in [6.07, 6.45) is -0.148. The molecule has 0 aromatic rings. The molecule has 0 aliphatic rings. The molecule has 0 aromatic heterocycles. The van der Waals surface area contributed by atoms with Gasteiger partial charge in [-0.25, -0.2) is 0 Å². The highest BCUT2D eigenvalue weighted by atomic mass is 16.3. The minimum absolute atomic E-state index is 0.148. The van der Waals surface area contributed by atoms with Gasteiger partial charge in [0.05, 0.1) is 6.10 Å². The SMILES string of the molecule is CC.CC(C)C(C)O. The second-order valence-corrected chi connectivity index (χ2v) is 1.98. The Kier molecular flexibility index (Phi) is 9.44. The number of aliphatic hydroxyl groups is 1. The zero-order chi connectivity index (χ0) is 7.15. The summed E-state index contributed by atoms with van der Waals surface area (Å²) in [6, 6.07) is 0. The summed E-state index contributed by atoms with van der Waals surface area (Å²) in [4.78, 5) is 0. The number of hydrogen-bond acceptors (Lipinski definition) is 1. The van der Waals surface area contributed by atoms with E-state index in [0.717, 1.165) is 0 Å². The lowest BCUT2D eigenvalue weighted by Crippen LogP contribution is -2.07. The molecule has 0 amide bonds. The van der Waals surface area contributed by atoms with Gasteiger partial charge in [-0.1, -0.05) is 27.7 Å². The summed E-state index contributed by atoms with van der Waals surface area (Å²) in [5.41, 5.74) is 0. The topological polar surface area (TPSA) is 20.2 Å². The van der Waals surface area contributed by atoms with E-state index in [1.165, 1.54) is 0 Å². The molecule has 0 saturated carbocycles. The van der Waals surface area contributed by atoms with Crippen LogP contribution in [0.5, 0.6) is 0 Å². The molecule has 0 rings (SSSR count). The summed E-state index contributed by atoms with van der Waals surface area (Å²) in [6.45, 7) is 9.78. The fourth-order valence-electron chi connectivity index (χ4n) is 0. The molecule has 1 unspecified atom stereocenters. The van der Waals surface area contributed by atoms with Crippen LogP contribution in [0.3, 0.4) is 0 Å². The molecule has 1 heteroatoms. The average molecular weight is 118 g/mol. The second kappa shape index (κ2) is 6.96. The van der Waals surface area contributed by atoms with Crippen LogP contribution in [0.1, 0.15) is 34.6 Å². The molecular formula is C7H18O. The van der Waals surface area contributed by atoms with E-state index in [4.69, 9.17) is 5.11 Å². The Balaban J connectivity index is 0. The van der Waals surface area contributed by atoms with E-state index in [9.17, 15) is 0 Å². The third-order valence-electron chi connectivity index (χ3n) is 0.965. The Bertz CT molecular complexity index is 25.4. The van der Waals surface area contributed by atoms with E-state index in [1.54, 1.807) is 6.92 Å². The highest BCUT2D eigenvalue weighted by molar-refractivity contribution is 4.48. The smallest absolute Gasteiger partial charge is 0.0535 e. The Hall–Kier alpha value is -0.0400. The number of hydrogen-bond donors (Lipinski definition) is 1. The number of aliphatic hydroxyl groups excluding tert-OH is 1. The van der Waals surface area contributed by atoms with Gasteiger partial charge in [0, 0.05) is 0 Å². The van der Waals surface area contributed by atoms with Crippen molar-refractivity contribution in [2.45, 2.75) is 40.7 Å². The monoisotopic (exact) mass is 118 g/mol. The molecular weight excluding hydrogens is 100 g/mol. The molecule has 52 valence electrons. The zero-order valence-electron chi connectivity index (χ0n) is 6.60. The molecule has 0 fully saturated rings. The van der Waals surface area contributed by atoms with Crippen molar-refractivity contribution in [2.75, 3.05) is 0 Å². The largest absolute Gasteiger partial charge is 0.393 e. The van der Waals surface area contributed by atoms with Gasteiger partial charge in [0.25, 0.3) is 0 Å². The first-order valence-corrected chi connectivity index (χ1v) is 3.32. The van der Waals surface area contributed by atoms with Gasteiger partial charge in [-0.3, -0.25) is 0 Å². The van der Waals surface area contributed by atoms with Gasteiger partial charge in [0.2, 0.25) is 0 Å². The molecule has 1 atom stereocenters. The van der Waals surface area contributed by atoms with Crippen molar-refractivity contribution in [1.82, 2.24) is 0 Å². The van der Waals surface area contributed by atoms with Gasteiger partial charge in [-0.15, -0.1) is 0 Å². The number of rotatable bonds is 1. The fraction of sp³-hybridized carbons (Fsp3) is 1.00. The molecule has 8 heavy (non-hydrogen) atoms. The standard InChI is InChI=1S/C5H12O.C2H6/c1-4(2)5(3)6;1-2/h4-6H,1-3H3;1-2H3. The van der Waals surface area contributed by atoms with E-state index >= 15 is 0 Å². The van der Waals surface area contributed by atoms with Crippen LogP contribution < -0.4 is 0 Å². The van der Waals surface area contributed by atoms with E-state index in [0.29, 0.717) is 5.92 Å². The first-order valence-electron chi connectivity index (χ1n) is 3.32. The highest BCUT2D eigenvalue weighted by Crippen LogP contribution is 1.96. The van der Waals surface area contributed by atoms with Crippen LogP contribution in [0.4, 0.5) is 0 Å². The van der Waals surface area contributed by atoms with E-state index in [-0.39, 0.29) is 6.10 Å². The fourth-order valence-corrected chi connectivity index (χ4v) is 0. The highest BCUT2D eigenvalue weighted by Gasteiger charge is 1.97. The van der Waals surface area contributed by atoms with Crippen molar-refractivity contribution in [1.29, 1.82) is 0 Å². The van der Waals surface area contributed by atoms with Gasteiger partial charge in [-0.05, 0) is 12.8 Å². The Labute approximate surface area is 52.7 Å². The van der Waals surface area contributed by atoms with Crippen molar-refractivity contribution in [3.63, 3.8) is 0 Å². The molecule has 0 spiro atoms. The summed E-state index contributed by atoms with van der Waals surface area (Å²) >= 11 is 0. The molecule has 0 aliphatic heterocycles. The van der Waals surface area contributed by atoms with Crippen molar-refractivity contribution in [3.05, 3.63) is 0 Å². The molecule has 0 bridgehead atoms. The van der Waals surface area contributed by atoms with Crippen LogP contribution in [0.25, 0.3) is 0 Å². The second-order valence-electron chi connectivity index (χ2n) is 1.98.